The van der Waals surface area contributed by atoms with Crippen molar-refractivity contribution in [2.75, 3.05) is 37.7 Å². The molecule has 9 nitrogen and oxygen atoms in total. The molecule has 24 heavy (non-hydrogen) atoms. The molecule has 1 atom stereocenters. The van der Waals surface area contributed by atoms with E-state index in [4.69, 9.17) is 4.74 Å². The molecule has 1 saturated heterocycles. The topological polar surface area (TPSA) is 85.1 Å². The highest BCUT2D eigenvalue weighted by Crippen LogP contribution is 2.21. The van der Waals surface area contributed by atoms with Crippen LogP contribution in [-0.2, 0) is 7.05 Å². The van der Waals surface area contributed by atoms with Gasteiger partial charge in [0.2, 0.25) is 11.8 Å². The molecular weight excluding hydrogens is 308 g/mol. The van der Waals surface area contributed by atoms with Crippen molar-refractivity contribution in [2.45, 2.75) is 26.3 Å². The second kappa shape index (κ2) is 7.52. The van der Waals surface area contributed by atoms with Crippen LogP contribution in [-0.4, -0.2) is 67.9 Å². The lowest BCUT2D eigenvalue weighted by Gasteiger charge is -2.26. The summed E-state index contributed by atoms with van der Waals surface area (Å²) < 4.78 is 7.22. The first-order valence-corrected chi connectivity index (χ1v) is 8.36. The predicted octanol–water partition coefficient (Wildman–Crippen LogP) is 0.672. The maximum absolute atomic E-state index is 5.48. The largest absolute Gasteiger partial charge is 0.478 e. The van der Waals surface area contributed by atoms with Crippen LogP contribution < -0.4 is 9.64 Å². The van der Waals surface area contributed by atoms with Crippen molar-refractivity contribution in [1.29, 1.82) is 0 Å². The molecule has 1 unspecified atom stereocenters. The quantitative estimate of drug-likeness (QED) is 0.790. The van der Waals surface area contributed by atoms with Gasteiger partial charge in [-0.25, -0.2) is 9.67 Å². The van der Waals surface area contributed by atoms with Crippen LogP contribution in [0, 0.1) is 0 Å². The summed E-state index contributed by atoms with van der Waals surface area (Å²) in [7, 11) is 1.88. The van der Waals surface area contributed by atoms with Crippen molar-refractivity contribution in [3.8, 4) is 5.88 Å². The fraction of sp³-hybridized carbons (Fsp3) is 0.667. The molecule has 0 aromatic carbocycles. The lowest BCUT2D eigenvalue weighted by atomic mass is 10.2. The molecule has 1 fully saturated rings. The first-order valence-electron chi connectivity index (χ1n) is 8.36. The fourth-order valence-electron chi connectivity index (χ4n) is 2.99. The third kappa shape index (κ3) is 3.61. The monoisotopic (exact) mass is 332 g/mol. The van der Waals surface area contributed by atoms with Gasteiger partial charge in [-0.15, -0.1) is 5.10 Å². The van der Waals surface area contributed by atoms with E-state index in [1.807, 2.05) is 14.0 Å². The zero-order valence-corrected chi connectivity index (χ0v) is 14.5. The van der Waals surface area contributed by atoms with E-state index < -0.39 is 0 Å². The van der Waals surface area contributed by atoms with Crippen LogP contribution in [0.4, 0.5) is 5.95 Å². The Morgan fingerprint density at radius 2 is 2.12 bits per heavy atom. The molecule has 0 radical (unpaired) electrons. The van der Waals surface area contributed by atoms with Gasteiger partial charge in [-0.05, 0) is 30.7 Å². The van der Waals surface area contributed by atoms with Gasteiger partial charge in [-0.2, -0.15) is 4.98 Å². The first-order chi connectivity index (χ1) is 11.7. The number of aryl methyl sites for hydroxylation is 1. The van der Waals surface area contributed by atoms with E-state index in [9.17, 15) is 0 Å². The lowest BCUT2D eigenvalue weighted by molar-refractivity contribution is 0.213. The standard InChI is InChI=1S/C15H24N8O/c1-4-24-13-6-7-16-15(17-13)23-9-5-8-22(10-11-23)12(2)14-18-19-20-21(14)3/h6-7,12H,4-5,8-11H2,1-3H3. The molecule has 0 amide bonds. The summed E-state index contributed by atoms with van der Waals surface area (Å²) in [5, 5.41) is 11.8. The number of hydrogen-bond donors (Lipinski definition) is 0. The molecule has 130 valence electrons. The molecule has 0 aliphatic carbocycles. The molecule has 0 bridgehead atoms. The third-order valence-electron chi connectivity index (χ3n) is 4.30. The molecular formula is C15H24N8O. The molecule has 0 spiro atoms. The van der Waals surface area contributed by atoms with E-state index in [0.717, 1.165) is 44.4 Å². The Hall–Kier alpha value is -2.29. The predicted molar refractivity (Wildman–Crippen MR) is 88.8 cm³/mol. The highest BCUT2D eigenvalue weighted by molar-refractivity contribution is 5.32. The summed E-state index contributed by atoms with van der Waals surface area (Å²) in [5.74, 6) is 2.25. The molecule has 1 aliphatic rings. The molecule has 0 N–H and O–H groups in total. The van der Waals surface area contributed by atoms with Crippen LogP contribution in [0.15, 0.2) is 12.3 Å². The number of rotatable bonds is 5. The number of nitrogens with zero attached hydrogens (tertiary/aromatic N) is 8. The summed E-state index contributed by atoms with van der Waals surface area (Å²) in [5.41, 5.74) is 0. The molecule has 0 saturated carbocycles. The summed E-state index contributed by atoms with van der Waals surface area (Å²) in [4.78, 5) is 13.5. The van der Waals surface area contributed by atoms with Gasteiger partial charge in [-0.1, -0.05) is 0 Å². The van der Waals surface area contributed by atoms with Crippen LogP contribution >= 0.6 is 0 Å². The Morgan fingerprint density at radius 1 is 1.25 bits per heavy atom. The Morgan fingerprint density at radius 3 is 2.88 bits per heavy atom. The molecule has 1 aliphatic heterocycles. The number of tetrazole rings is 1. The lowest BCUT2D eigenvalue weighted by Crippen LogP contribution is -2.34. The van der Waals surface area contributed by atoms with Crippen LogP contribution in [0.5, 0.6) is 5.88 Å². The highest BCUT2D eigenvalue weighted by Gasteiger charge is 2.24. The average molecular weight is 332 g/mol. The maximum atomic E-state index is 5.48. The van der Waals surface area contributed by atoms with Crippen molar-refractivity contribution < 1.29 is 4.74 Å². The third-order valence-corrected chi connectivity index (χ3v) is 4.30. The Balaban J connectivity index is 1.67. The minimum atomic E-state index is 0.181. The number of anilines is 1. The van der Waals surface area contributed by atoms with Crippen LogP contribution in [0.1, 0.15) is 32.1 Å². The minimum Gasteiger partial charge on any atom is -0.478 e. The normalized spacial score (nSPS) is 17.5. The smallest absolute Gasteiger partial charge is 0.228 e. The van der Waals surface area contributed by atoms with Crippen molar-refractivity contribution in [3.05, 3.63) is 18.1 Å². The summed E-state index contributed by atoms with van der Waals surface area (Å²) in [6, 6.07) is 1.97. The molecule has 2 aromatic heterocycles. The number of ether oxygens (including phenoxy) is 1. The van der Waals surface area contributed by atoms with Gasteiger partial charge in [0.1, 0.15) is 0 Å². The van der Waals surface area contributed by atoms with E-state index in [0.29, 0.717) is 12.5 Å². The molecule has 3 rings (SSSR count). The van der Waals surface area contributed by atoms with E-state index in [1.165, 1.54) is 0 Å². The fourth-order valence-corrected chi connectivity index (χ4v) is 2.99. The second-order valence-electron chi connectivity index (χ2n) is 5.84. The van der Waals surface area contributed by atoms with Gasteiger partial charge < -0.3 is 9.64 Å². The molecule has 3 heterocycles. The first kappa shape index (κ1) is 16.6. The van der Waals surface area contributed by atoms with Gasteiger partial charge in [0.25, 0.3) is 0 Å². The van der Waals surface area contributed by atoms with Gasteiger partial charge >= 0.3 is 0 Å². The Kier molecular flexibility index (Phi) is 5.19. The number of hydrogen-bond acceptors (Lipinski definition) is 8. The van der Waals surface area contributed by atoms with E-state index >= 15 is 0 Å². The highest BCUT2D eigenvalue weighted by atomic mass is 16.5. The maximum Gasteiger partial charge on any atom is 0.228 e. The molecule has 9 heteroatoms. The van der Waals surface area contributed by atoms with Crippen LogP contribution in [0.2, 0.25) is 0 Å². The average Bonchev–Trinajstić information content (AvgIpc) is 2.87. The van der Waals surface area contributed by atoms with Gasteiger partial charge in [0.05, 0.1) is 12.6 Å². The summed E-state index contributed by atoms with van der Waals surface area (Å²) >= 11 is 0. The Labute approximate surface area is 141 Å². The van der Waals surface area contributed by atoms with Crippen LogP contribution in [0.3, 0.4) is 0 Å². The van der Waals surface area contributed by atoms with E-state index in [2.05, 4.69) is 42.2 Å². The summed E-state index contributed by atoms with van der Waals surface area (Å²) in [6.07, 6.45) is 2.79. The number of aromatic nitrogens is 6. The zero-order chi connectivity index (χ0) is 16.9. The van der Waals surface area contributed by atoms with Crippen molar-refractivity contribution in [1.82, 2.24) is 35.1 Å². The SMILES string of the molecule is CCOc1ccnc(N2CCCN(C(C)c3nnnn3C)CC2)n1. The van der Waals surface area contributed by atoms with Gasteiger partial charge in [0.15, 0.2) is 5.82 Å². The van der Waals surface area contributed by atoms with Gasteiger partial charge in [0, 0.05) is 45.5 Å². The van der Waals surface area contributed by atoms with Crippen LogP contribution in [0.25, 0.3) is 0 Å². The van der Waals surface area contributed by atoms with Crippen molar-refractivity contribution in [3.63, 3.8) is 0 Å². The Bertz CT molecular complexity index is 660. The van der Waals surface area contributed by atoms with E-state index in [1.54, 1.807) is 16.9 Å². The van der Waals surface area contributed by atoms with Gasteiger partial charge in [-0.3, -0.25) is 4.90 Å². The molecule has 2 aromatic rings. The second-order valence-corrected chi connectivity index (χ2v) is 5.84. The minimum absolute atomic E-state index is 0.181. The van der Waals surface area contributed by atoms with Crippen molar-refractivity contribution in [2.24, 2.45) is 7.05 Å². The summed E-state index contributed by atoms with van der Waals surface area (Å²) in [6.45, 7) is 8.41. The van der Waals surface area contributed by atoms with E-state index in [-0.39, 0.29) is 6.04 Å². The van der Waals surface area contributed by atoms with Crippen molar-refractivity contribution >= 4 is 5.95 Å². The zero-order valence-electron chi connectivity index (χ0n) is 14.5.